The Kier molecular flexibility index (Phi) is 13.0. The zero-order valence-electron chi connectivity index (χ0n) is 18.9. The van der Waals surface area contributed by atoms with Gasteiger partial charge in [-0.05, 0) is 43.0 Å². The van der Waals surface area contributed by atoms with E-state index in [2.05, 4.69) is 31.3 Å². The Hall–Kier alpha value is -2.65. The second-order valence-corrected chi connectivity index (χ2v) is 6.84. The van der Waals surface area contributed by atoms with E-state index in [0.29, 0.717) is 7.11 Å². The fourth-order valence-corrected chi connectivity index (χ4v) is 3.01. The molecule has 0 saturated carbocycles. The molecule has 1 aliphatic rings. The normalized spacial score (nSPS) is 14.3. The lowest BCUT2D eigenvalue weighted by Crippen LogP contribution is -2.46. The third-order valence-corrected chi connectivity index (χ3v) is 4.63. The maximum absolute atomic E-state index is 12.0. The van der Waals surface area contributed by atoms with Crippen molar-refractivity contribution < 1.29 is 22.7 Å². The number of amides is 2. The van der Waals surface area contributed by atoms with Crippen LogP contribution < -0.4 is 10.6 Å². The number of rotatable bonds is 5. The predicted octanol–water partition coefficient (Wildman–Crippen LogP) is 5.09. The second kappa shape index (κ2) is 15.2. The number of alkyl halides is 3. The Morgan fingerprint density at radius 3 is 2.28 bits per heavy atom. The molecule has 1 aromatic carbocycles. The minimum Gasteiger partial charge on any atom is -0.335 e. The van der Waals surface area contributed by atoms with Crippen LogP contribution >= 0.6 is 0 Å². The highest BCUT2D eigenvalue weighted by molar-refractivity contribution is 5.89. The van der Waals surface area contributed by atoms with Crippen molar-refractivity contribution in [1.82, 2.24) is 15.2 Å². The molecule has 1 aromatic heterocycles. The summed E-state index contributed by atoms with van der Waals surface area (Å²) < 4.78 is 34.6. The molecule has 32 heavy (non-hydrogen) atoms. The van der Waals surface area contributed by atoms with Gasteiger partial charge in [0, 0.05) is 50.9 Å². The molecule has 0 radical (unpaired) electrons. The number of ether oxygens (including phenoxy) is 1. The number of carbonyl (C=O) groups excluding carboxylic acids is 1. The van der Waals surface area contributed by atoms with Crippen LogP contribution in [0.5, 0.6) is 0 Å². The van der Waals surface area contributed by atoms with E-state index in [0.717, 1.165) is 44.6 Å². The number of nitrogens with zero attached hydrogens (tertiary/aromatic N) is 2. The molecule has 2 amide bonds. The number of hydrogen-bond donors (Lipinski definition) is 2. The van der Waals surface area contributed by atoms with Crippen molar-refractivity contribution in [3.8, 4) is 0 Å². The average molecular weight is 455 g/mol. The molecule has 1 aliphatic heterocycles. The number of benzene rings is 1. The molecule has 0 aliphatic carbocycles. The monoisotopic (exact) mass is 454 g/mol. The van der Waals surface area contributed by atoms with Gasteiger partial charge in [-0.3, -0.25) is 9.72 Å². The molecule has 2 N–H and O–H groups in total. The molecule has 0 spiro atoms. The standard InChI is InChI=1S/C19H24N4O.C2H3F3O.C2H6/c24-19(21-17-6-2-1-3-7-17)22-18-9-13-23(14-10-18)12-8-16-5-4-11-20-15-16;1-6-2(3,4)5;1-2/h1-7,11,15,18H,8-10,12-14H2,(H2,21,22,24);1H3;1-2H3. The van der Waals surface area contributed by atoms with Crippen LogP contribution in [-0.4, -0.2) is 55.1 Å². The topological polar surface area (TPSA) is 66.5 Å². The molecule has 1 fully saturated rings. The quantitative estimate of drug-likeness (QED) is 0.661. The summed E-state index contributed by atoms with van der Waals surface area (Å²) in [5.74, 6) is 0. The van der Waals surface area contributed by atoms with Crippen LogP contribution in [0.25, 0.3) is 0 Å². The third-order valence-electron chi connectivity index (χ3n) is 4.63. The first-order valence-electron chi connectivity index (χ1n) is 10.7. The molecular formula is C23H33F3N4O2. The third kappa shape index (κ3) is 12.3. The van der Waals surface area contributed by atoms with Crippen LogP contribution in [0.4, 0.5) is 23.7 Å². The first-order valence-corrected chi connectivity index (χ1v) is 10.7. The Balaban J connectivity index is 0.000000556. The van der Waals surface area contributed by atoms with Gasteiger partial charge in [-0.1, -0.05) is 38.1 Å². The molecule has 178 valence electrons. The van der Waals surface area contributed by atoms with Gasteiger partial charge in [-0.2, -0.15) is 0 Å². The van der Waals surface area contributed by atoms with E-state index < -0.39 is 6.36 Å². The highest BCUT2D eigenvalue weighted by Crippen LogP contribution is 2.13. The molecule has 6 nitrogen and oxygen atoms in total. The van der Waals surface area contributed by atoms with Gasteiger partial charge in [-0.25, -0.2) is 4.79 Å². The van der Waals surface area contributed by atoms with Crippen molar-refractivity contribution in [2.45, 2.75) is 45.5 Å². The van der Waals surface area contributed by atoms with Crippen LogP contribution in [-0.2, 0) is 11.2 Å². The van der Waals surface area contributed by atoms with Crippen LogP contribution in [0.1, 0.15) is 32.3 Å². The van der Waals surface area contributed by atoms with Crippen LogP contribution in [0.2, 0.25) is 0 Å². The van der Waals surface area contributed by atoms with Crippen molar-refractivity contribution in [3.05, 3.63) is 60.4 Å². The zero-order chi connectivity index (χ0) is 23.8. The summed E-state index contributed by atoms with van der Waals surface area (Å²) in [6.45, 7) is 7.10. The van der Waals surface area contributed by atoms with Gasteiger partial charge in [-0.15, -0.1) is 13.2 Å². The molecule has 2 heterocycles. The predicted molar refractivity (Wildman–Crippen MR) is 120 cm³/mol. The van der Waals surface area contributed by atoms with Crippen molar-refractivity contribution in [1.29, 1.82) is 0 Å². The first kappa shape index (κ1) is 27.4. The lowest BCUT2D eigenvalue weighted by Gasteiger charge is -2.32. The Bertz CT molecular complexity index is 738. The summed E-state index contributed by atoms with van der Waals surface area (Å²) in [7, 11) is 0.583. The highest BCUT2D eigenvalue weighted by Gasteiger charge is 2.25. The molecule has 0 atom stereocenters. The van der Waals surface area contributed by atoms with Gasteiger partial charge in [0.15, 0.2) is 0 Å². The fraction of sp³-hybridized carbons (Fsp3) is 0.478. The number of para-hydroxylation sites is 1. The minimum atomic E-state index is -4.46. The number of piperidine rings is 1. The van der Waals surface area contributed by atoms with Gasteiger partial charge in [0.05, 0.1) is 0 Å². The fourth-order valence-electron chi connectivity index (χ4n) is 3.01. The summed E-state index contributed by atoms with van der Waals surface area (Å²) in [6.07, 6.45) is 2.30. The van der Waals surface area contributed by atoms with Gasteiger partial charge >= 0.3 is 12.4 Å². The Morgan fingerprint density at radius 2 is 1.75 bits per heavy atom. The van der Waals surface area contributed by atoms with E-state index in [4.69, 9.17) is 0 Å². The van der Waals surface area contributed by atoms with E-state index in [-0.39, 0.29) is 12.1 Å². The summed E-state index contributed by atoms with van der Waals surface area (Å²) in [6, 6.07) is 13.8. The summed E-state index contributed by atoms with van der Waals surface area (Å²) in [5.41, 5.74) is 2.10. The lowest BCUT2D eigenvalue weighted by atomic mass is 10.0. The SMILES string of the molecule is CC.COC(F)(F)F.O=C(Nc1ccccc1)NC1CCN(CCc2cccnc2)CC1. The number of pyridine rings is 1. The van der Waals surface area contributed by atoms with Crippen molar-refractivity contribution >= 4 is 11.7 Å². The Labute approximate surface area is 188 Å². The van der Waals surface area contributed by atoms with Crippen molar-refractivity contribution in [3.63, 3.8) is 0 Å². The Morgan fingerprint density at radius 1 is 1.12 bits per heavy atom. The molecule has 2 aromatic rings. The number of halogens is 3. The van der Waals surface area contributed by atoms with E-state index in [1.54, 1.807) is 6.20 Å². The molecular weight excluding hydrogens is 421 g/mol. The van der Waals surface area contributed by atoms with E-state index >= 15 is 0 Å². The number of urea groups is 1. The molecule has 0 bridgehead atoms. The molecule has 3 rings (SSSR count). The zero-order valence-corrected chi connectivity index (χ0v) is 18.9. The van der Waals surface area contributed by atoms with Gasteiger partial charge in [0.2, 0.25) is 0 Å². The first-order chi connectivity index (χ1) is 15.4. The second-order valence-electron chi connectivity index (χ2n) is 6.84. The maximum Gasteiger partial charge on any atom is 0.522 e. The number of aromatic nitrogens is 1. The molecule has 9 heteroatoms. The van der Waals surface area contributed by atoms with Crippen LogP contribution in [0, 0.1) is 0 Å². The smallest absolute Gasteiger partial charge is 0.335 e. The average Bonchev–Trinajstić information content (AvgIpc) is 2.81. The number of methoxy groups -OCH3 is 1. The van der Waals surface area contributed by atoms with Crippen LogP contribution in [0.15, 0.2) is 54.9 Å². The molecule has 1 saturated heterocycles. The van der Waals surface area contributed by atoms with Gasteiger partial charge < -0.3 is 15.5 Å². The van der Waals surface area contributed by atoms with Crippen molar-refractivity contribution in [2.75, 3.05) is 32.1 Å². The largest absolute Gasteiger partial charge is 0.522 e. The summed E-state index contributed by atoms with van der Waals surface area (Å²) in [5, 5.41) is 5.95. The number of hydrogen-bond acceptors (Lipinski definition) is 4. The van der Waals surface area contributed by atoms with E-state index in [1.165, 1.54) is 5.56 Å². The van der Waals surface area contributed by atoms with E-state index in [1.807, 2.05) is 56.4 Å². The number of anilines is 1. The van der Waals surface area contributed by atoms with Crippen molar-refractivity contribution in [2.24, 2.45) is 0 Å². The maximum atomic E-state index is 12.0. The minimum absolute atomic E-state index is 0.116. The summed E-state index contributed by atoms with van der Waals surface area (Å²) >= 11 is 0. The lowest BCUT2D eigenvalue weighted by molar-refractivity contribution is -0.311. The number of nitrogens with one attached hydrogen (secondary N) is 2. The highest BCUT2D eigenvalue weighted by atomic mass is 19.4. The van der Waals surface area contributed by atoms with Gasteiger partial charge in [0.1, 0.15) is 0 Å². The van der Waals surface area contributed by atoms with E-state index in [9.17, 15) is 18.0 Å². The van der Waals surface area contributed by atoms with Gasteiger partial charge in [0.25, 0.3) is 0 Å². The number of carbonyl (C=O) groups is 1. The molecule has 0 unspecified atom stereocenters. The van der Waals surface area contributed by atoms with Crippen LogP contribution in [0.3, 0.4) is 0 Å². The number of likely N-dealkylation sites (tertiary alicyclic amines) is 1. The summed E-state index contributed by atoms with van der Waals surface area (Å²) in [4.78, 5) is 18.6.